The number of thioether (sulfide) groups is 1. The van der Waals surface area contributed by atoms with E-state index < -0.39 is 0 Å². The van der Waals surface area contributed by atoms with Crippen molar-refractivity contribution in [1.29, 1.82) is 0 Å². The van der Waals surface area contributed by atoms with E-state index in [1.54, 1.807) is 0 Å². The Kier molecular flexibility index (Phi) is 5.82. The fourth-order valence-corrected chi connectivity index (χ4v) is 4.26. The van der Waals surface area contributed by atoms with Crippen LogP contribution in [0.1, 0.15) is 33.9 Å². The van der Waals surface area contributed by atoms with Gasteiger partial charge < -0.3 is 10.6 Å². The van der Waals surface area contributed by atoms with Gasteiger partial charge in [0.25, 0.3) is 5.91 Å². The van der Waals surface area contributed by atoms with Gasteiger partial charge in [0.2, 0.25) is 0 Å². The van der Waals surface area contributed by atoms with Crippen LogP contribution in [0.3, 0.4) is 0 Å². The third-order valence-electron chi connectivity index (χ3n) is 4.22. The van der Waals surface area contributed by atoms with Gasteiger partial charge in [0.1, 0.15) is 0 Å². The molecular weight excluding hydrogens is 340 g/mol. The molecule has 2 N–H and O–H groups in total. The molecular formula is C19H21ClN2OS. The molecule has 0 spiro atoms. The van der Waals surface area contributed by atoms with Crippen LogP contribution in [-0.4, -0.2) is 25.3 Å². The molecule has 1 atom stereocenters. The number of likely N-dealkylation sites (N-methyl/N-ethyl adjacent to an activating group) is 1. The predicted octanol–water partition coefficient (Wildman–Crippen LogP) is 4.07. The van der Waals surface area contributed by atoms with Crippen LogP contribution >= 0.6 is 23.4 Å². The Hall–Kier alpha value is -1.49. The Morgan fingerprint density at radius 3 is 2.96 bits per heavy atom. The van der Waals surface area contributed by atoms with Crippen molar-refractivity contribution >= 4 is 29.3 Å². The van der Waals surface area contributed by atoms with Crippen molar-refractivity contribution in [3.05, 3.63) is 64.2 Å². The maximum Gasteiger partial charge on any atom is 0.252 e. The van der Waals surface area contributed by atoms with Gasteiger partial charge in [0.15, 0.2) is 0 Å². The Morgan fingerprint density at radius 2 is 2.12 bits per heavy atom. The maximum absolute atomic E-state index is 12.8. The second-order valence-corrected chi connectivity index (χ2v) is 7.43. The molecule has 2 aromatic carbocycles. The van der Waals surface area contributed by atoms with E-state index >= 15 is 0 Å². The highest BCUT2D eigenvalue weighted by atomic mass is 35.5. The summed E-state index contributed by atoms with van der Waals surface area (Å²) >= 11 is 7.97. The van der Waals surface area contributed by atoms with Crippen molar-refractivity contribution in [2.75, 3.05) is 19.3 Å². The average molecular weight is 361 g/mol. The van der Waals surface area contributed by atoms with E-state index in [0.717, 1.165) is 41.8 Å². The molecule has 1 aliphatic heterocycles. The summed E-state index contributed by atoms with van der Waals surface area (Å²) in [5.74, 6) is 0.991. The number of fused-ring (bicyclic) bond motifs is 1. The average Bonchev–Trinajstić information content (AvgIpc) is 2.60. The molecule has 1 aliphatic rings. The van der Waals surface area contributed by atoms with Gasteiger partial charge in [-0.3, -0.25) is 4.79 Å². The second kappa shape index (κ2) is 8.06. The van der Waals surface area contributed by atoms with Gasteiger partial charge in [-0.1, -0.05) is 29.8 Å². The molecule has 126 valence electrons. The van der Waals surface area contributed by atoms with E-state index in [0.29, 0.717) is 5.02 Å². The molecule has 1 amide bonds. The third-order valence-corrected chi connectivity index (χ3v) is 5.58. The number of halogens is 1. The zero-order valence-corrected chi connectivity index (χ0v) is 15.2. The Balaban J connectivity index is 1.80. The summed E-state index contributed by atoms with van der Waals surface area (Å²) in [5, 5.41) is 7.05. The lowest BCUT2D eigenvalue weighted by atomic mass is 10.0. The van der Waals surface area contributed by atoms with Gasteiger partial charge in [0, 0.05) is 21.2 Å². The smallest absolute Gasteiger partial charge is 0.252 e. The molecule has 24 heavy (non-hydrogen) atoms. The topological polar surface area (TPSA) is 41.1 Å². The zero-order valence-electron chi connectivity index (χ0n) is 13.6. The first-order valence-corrected chi connectivity index (χ1v) is 9.51. The summed E-state index contributed by atoms with van der Waals surface area (Å²) in [6.45, 7) is 0.850. The highest BCUT2D eigenvalue weighted by Crippen LogP contribution is 2.37. The largest absolute Gasteiger partial charge is 0.345 e. The molecule has 0 bridgehead atoms. The summed E-state index contributed by atoms with van der Waals surface area (Å²) in [5.41, 5.74) is 2.95. The van der Waals surface area contributed by atoms with Crippen LogP contribution in [-0.2, 0) is 6.42 Å². The Labute approximate surface area is 152 Å². The first kappa shape index (κ1) is 17.3. The number of benzene rings is 2. The van der Waals surface area contributed by atoms with E-state index in [4.69, 9.17) is 11.6 Å². The predicted molar refractivity (Wildman–Crippen MR) is 101 cm³/mol. The van der Waals surface area contributed by atoms with Gasteiger partial charge in [-0.25, -0.2) is 0 Å². The molecule has 0 saturated carbocycles. The number of amides is 1. The van der Waals surface area contributed by atoms with E-state index in [1.165, 1.54) is 4.90 Å². The van der Waals surface area contributed by atoms with Gasteiger partial charge in [-0.15, -0.1) is 11.8 Å². The highest BCUT2D eigenvalue weighted by Gasteiger charge is 2.23. The number of carbonyl (C=O) groups excluding carboxylic acids is 1. The highest BCUT2D eigenvalue weighted by molar-refractivity contribution is 7.99. The quantitative estimate of drug-likeness (QED) is 0.844. The molecule has 5 heteroatoms. The molecule has 0 aromatic heterocycles. The number of carbonyl (C=O) groups is 1. The SMILES string of the molecule is CNCCc1ccccc1C(=O)NC1CCSc2ccc(Cl)cc21. The van der Waals surface area contributed by atoms with Crippen molar-refractivity contribution in [1.82, 2.24) is 10.6 Å². The van der Waals surface area contributed by atoms with Gasteiger partial charge in [-0.05, 0) is 61.8 Å². The monoisotopic (exact) mass is 360 g/mol. The van der Waals surface area contributed by atoms with Crippen LogP contribution in [0.15, 0.2) is 47.4 Å². The molecule has 1 heterocycles. The lowest BCUT2D eigenvalue weighted by Gasteiger charge is -2.26. The fraction of sp³-hybridized carbons (Fsp3) is 0.316. The van der Waals surface area contributed by atoms with Gasteiger partial charge >= 0.3 is 0 Å². The van der Waals surface area contributed by atoms with E-state index in [9.17, 15) is 4.79 Å². The van der Waals surface area contributed by atoms with E-state index in [1.807, 2.05) is 61.3 Å². The minimum absolute atomic E-state index is 0.00970. The molecule has 0 aliphatic carbocycles. The molecule has 0 radical (unpaired) electrons. The normalized spacial score (nSPS) is 16.5. The zero-order chi connectivity index (χ0) is 16.9. The fourth-order valence-electron chi connectivity index (χ4n) is 2.97. The Morgan fingerprint density at radius 1 is 1.29 bits per heavy atom. The summed E-state index contributed by atoms with van der Waals surface area (Å²) in [6, 6.07) is 13.8. The van der Waals surface area contributed by atoms with Crippen LogP contribution in [0.2, 0.25) is 5.02 Å². The van der Waals surface area contributed by atoms with Crippen molar-refractivity contribution in [2.45, 2.75) is 23.8 Å². The number of nitrogens with one attached hydrogen (secondary N) is 2. The molecule has 2 aromatic rings. The minimum atomic E-state index is -0.00970. The second-order valence-electron chi connectivity index (χ2n) is 5.86. The van der Waals surface area contributed by atoms with E-state index in [2.05, 4.69) is 10.6 Å². The van der Waals surface area contributed by atoms with Crippen molar-refractivity contribution < 1.29 is 4.79 Å². The lowest BCUT2D eigenvalue weighted by Crippen LogP contribution is -2.31. The van der Waals surface area contributed by atoms with Crippen molar-refractivity contribution in [2.24, 2.45) is 0 Å². The van der Waals surface area contributed by atoms with Crippen LogP contribution in [0.5, 0.6) is 0 Å². The summed E-state index contributed by atoms with van der Waals surface area (Å²) < 4.78 is 0. The van der Waals surface area contributed by atoms with Crippen LogP contribution in [0, 0.1) is 0 Å². The van der Waals surface area contributed by atoms with Crippen LogP contribution in [0.25, 0.3) is 0 Å². The summed E-state index contributed by atoms with van der Waals surface area (Å²) in [6.07, 6.45) is 1.76. The van der Waals surface area contributed by atoms with Crippen LogP contribution in [0.4, 0.5) is 0 Å². The molecule has 3 nitrogen and oxygen atoms in total. The number of hydrogen-bond acceptors (Lipinski definition) is 3. The van der Waals surface area contributed by atoms with Crippen molar-refractivity contribution in [3.63, 3.8) is 0 Å². The first-order chi connectivity index (χ1) is 11.7. The summed E-state index contributed by atoms with van der Waals surface area (Å²) in [7, 11) is 1.92. The molecule has 0 fully saturated rings. The molecule has 3 rings (SSSR count). The lowest BCUT2D eigenvalue weighted by molar-refractivity contribution is 0.0934. The van der Waals surface area contributed by atoms with Crippen molar-refractivity contribution in [3.8, 4) is 0 Å². The third kappa shape index (κ3) is 3.94. The number of hydrogen-bond donors (Lipinski definition) is 2. The van der Waals surface area contributed by atoms with Gasteiger partial charge in [0.05, 0.1) is 6.04 Å². The number of rotatable bonds is 5. The maximum atomic E-state index is 12.8. The van der Waals surface area contributed by atoms with Crippen LogP contribution < -0.4 is 10.6 Å². The minimum Gasteiger partial charge on any atom is -0.345 e. The standard InChI is InChI=1S/C19H21ClN2OS/c1-21-10-8-13-4-2-3-5-15(13)19(23)22-17-9-11-24-18-7-6-14(20)12-16(17)18/h2-7,12,17,21H,8-11H2,1H3,(H,22,23). The Bertz CT molecular complexity index is 735. The van der Waals surface area contributed by atoms with E-state index in [-0.39, 0.29) is 11.9 Å². The molecule has 1 unspecified atom stereocenters. The first-order valence-electron chi connectivity index (χ1n) is 8.14. The van der Waals surface area contributed by atoms with Gasteiger partial charge in [-0.2, -0.15) is 0 Å². The summed E-state index contributed by atoms with van der Waals surface area (Å²) in [4.78, 5) is 14.0. The molecule has 0 saturated heterocycles.